The third-order valence-corrected chi connectivity index (χ3v) is 8.34. The lowest BCUT2D eigenvalue weighted by atomic mass is 10.2. The molecule has 3 aromatic carbocycles. The van der Waals surface area contributed by atoms with Crippen molar-refractivity contribution >= 4 is 56.4 Å². The Morgan fingerprint density at radius 2 is 1.43 bits per heavy atom. The molecule has 0 aromatic heterocycles. The van der Waals surface area contributed by atoms with Gasteiger partial charge in [-0.15, -0.1) is 0 Å². The minimum absolute atomic E-state index is 0.0136. The quantitative estimate of drug-likeness (QED) is 0.405. The first-order valence-corrected chi connectivity index (χ1v) is 13.6. The molecule has 4 rings (SSSR count). The number of hydrogen-bond donors (Lipinski definition) is 0. The van der Waals surface area contributed by atoms with E-state index in [1.165, 1.54) is 28.6 Å². The Morgan fingerprint density at radius 3 is 2.06 bits per heavy atom. The molecule has 6 nitrogen and oxygen atoms in total. The number of anilines is 1. The highest BCUT2D eigenvalue weighted by atomic mass is 35.5. The number of nitrogens with zero attached hydrogens (tertiary/aromatic N) is 3. The van der Waals surface area contributed by atoms with Crippen LogP contribution in [0.15, 0.2) is 77.7 Å². The maximum absolute atomic E-state index is 13.5. The van der Waals surface area contributed by atoms with Gasteiger partial charge in [-0.25, -0.2) is 8.42 Å². The van der Waals surface area contributed by atoms with Crippen LogP contribution in [-0.2, 0) is 21.4 Å². The second-order valence-electron chi connectivity index (χ2n) is 8.20. The molecule has 0 spiro atoms. The highest BCUT2D eigenvalue weighted by molar-refractivity contribution is 7.89. The summed E-state index contributed by atoms with van der Waals surface area (Å²) < 4.78 is 28.1. The normalized spacial score (nSPS) is 14.4. The van der Waals surface area contributed by atoms with Crippen molar-refractivity contribution in [3.8, 4) is 0 Å². The number of carbonyl (C=O) groups is 1. The van der Waals surface area contributed by atoms with E-state index in [0.717, 1.165) is 5.69 Å². The van der Waals surface area contributed by atoms with Crippen LogP contribution in [0, 0.1) is 0 Å². The number of carbonyl (C=O) groups excluding carboxylic acids is 1. The van der Waals surface area contributed by atoms with Gasteiger partial charge in [-0.1, -0.05) is 53.0 Å². The minimum atomic E-state index is -3.96. The second-order valence-corrected chi connectivity index (χ2v) is 11.5. The first kappa shape index (κ1) is 25.8. The summed E-state index contributed by atoms with van der Waals surface area (Å²) >= 11 is 18.2. The van der Waals surface area contributed by atoms with Crippen molar-refractivity contribution in [2.75, 3.05) is 37.6 Å². The van der Waals surface area contributed by atoms with Crippen molar-refractivity contribution in [2.45, 2.75) is 11.4 Å². The zero-order valence-corrected chi connectivity index (χ0v) is 21.9. The van der Waals surface area contributed by atoms with Crippen molar-refractivity contribution < 1.29 is 13.2 Å². The van der Waals surface area contributed by atoms with Gasteiger partial charge < -0.3 is 9.80 Å². The number of rotatable bonds is 7. The van der Waals surface area contributed by atoms with Crippen LogP contribution >= 0.6 is 34.8 Å². The summed E-state index contributed by atoms with van der Waals surface area (Å²) in [5.41, 5.74) is 1.69. The molecule has 3 aromatic rings. The van der Waals surface area contributed by atoms with E-state index in [4.69, 9.17) is 34.8 Å². The molecule has 0 bridgehead atoms. The molecule has 1 amide bonds. The van der Waals surface area contributed by atoms with Gasteiger partial charge in [-0.3, -0.25) is 4.79 Å². The van der Waals surface area contributed by atoms with Crippen LogP contribution in [-0.4, -0.2) is 56.3 Å². The van der Waals surface area contributed by atoms with E-state index in [2.05, 4.69) is 4.90 Å². The standard InChI is InChI=1S/C25H24Cl3N3O3S/c26-20-7-9-24(10-8-20)35(33,34)31(17-19-3-1-4-21(27)15-19)18-25(32)30-13-11-29(12-14-30)23-6-2-5-22(28)16-23/h1-10,15-16H,11-14,17-18H2. The first-order valence-electron chi connectivity index (χ1n) is 11.0. The maximum atomic E-state index is 13.5. The van der Waals surface area contributed by atoms with Gasteiger partial charge in [0.05, 0.1) is 11.4 Å². The van der Waals surface area contributed by atoms with Crippen molar-refractivity contribution in [2.24, 2.45) is 0 Å². The topological polar surface area (TPSA) is 60.9 Å². The zero-order chi connectivity index (χ0) is 25.0. The molecule has 0 unspecified atom stereocenters. The van der Waals surface area contributed by atoms with Crippen molar-refractivity contribution in [3.63, 3.8) is 0 Å². The van der Waals surface area contributed by atoms with E-state index in [1.807, 2.05) is 24.3 Å². The molecule has 1 aliphatic heterocycles. The molecule has 10 heteroatoms. The van der Waals surface area contributed by atoms with Gasteiger partial charge in [0.2, 0.25) is 15.9 Å². The number of hydrogen-bond acceptors (Lipinski definition) is 4. The van der Waals surface area contributed by atoms with E-state index in [-0.39, 0.29) is 23.9 Å². The number of amides is 1. The van der Waals surface area contributed by atoms with Gasteiger partial charge in [-0.2, -0.15) is 4.31 Å². The Balaban J connectivity index is 1.50. The maximum Gasteiger partial charge on any atom is 0.243 e. The van der Waals surface area contributed by atoms with Crippen LogP contribution < -0.4 is 4.90 Å². The zero-order valence-electron chi connectivity index (χ0n) is 18.8. The highest BCUT2D eigenvalue weighted by Gasteiger charge is 2.30. The van der Waals surface area contributed by atoms with E-state index in [0.29, 0.717) is 46.8 Å². The average molecular weight is 553 g/mol. The van der Waals surface area contributed by atoms with Gasteiger partial charge in [-0.05, 0) is 60.2 Å². The third kappa shape index (κ3) is 6.48. The van der Waals surface area contributed by atoms with Crippen LogP contribution in [0.2, 0.25) is 15.1 Å². The van der Waals surface area contributed by atoms with Crippen LogP contribution in [0.1, 0.15) is 5.56 Å². The van der Waals surface area contributed by atoms with Gasteiger partial charge >= 0.3 is 0 Å². The van der Waals surface area contributed by atoms with Gasteiger partial charge in [0.15, 0.2) is 0 Å². The molecule has 1 heterocycles. The Bertz CT molecular complexity index is 1290. The van der Waals surface area contributed by atoms with Crippen LogP contribution in [0.25, 0.3) is 0 Å². The first-order chi connectivity index (χ1) is 16.7. The smallest absolute Gasteiger partial charge is 0.243 e. The van der Waals surface area contributed by atoms with Crippen LogP contribution in [0.5, 0.6) is 0 Å². The summed E-state index contributed by atoms with van der Waals surface area (Å²) in [6.45, 7) is 1.96. The Kier molecular flexibility index (Phi) is 8.24. The van der Waals surface area contributed by atoms with Crippen LogP contribution in [0.3, 0.4) is 0 Å². The number of halogens is 3. The average Bonchev–Trinajstić information content (AvgIpc) is 2.84. The molecule has 1 fully saturated rings. The fraction of sp³-hybridized carbons (Fsp3) is 0.240. The number of benzene rings is 3. The van der Waals surface area contributed by atoms with Gasteiger partial charge in [0, 0.05) is 53.5 Å². The predicted molar refractivity (Wildman–Crippen MR) is 141 cm³/mol. The number of sulfonamides is 1. The Hall–Kier alpha value is -2.29. The van der Waals surface area contributed by atoms with E-state index >= 15 is 0 Å². The molecule has 0 aliphatic carbocycles. The second kappa shape index (κ2) is 11.2. The summed E-state index contributed by atoms with van der Waals surface area (Å²) in [5.74, 6) is -0.254. The molecule has 0 N–H and O–H groups in total. The molecule has 1 saturated heterocycles. The fourth-order valence-electron chi connectivity index (χ4n) is 3.96. The largest absolute Gasteiger partial charge is 0.368 e. The molecule has 0 saturated carbocycles. The lowest BCUT2D eigenvalue weighted by Gasteiger charge is -2.37. The summed E-state index contributed by atoms with van der Waals surface area (Å²) in [4.78, 5) is 17.2. The number of piperazine rings is 1. The predicted octanol–water partition coefficient (Wildman–Crippen LogP) is 5.19. The van der Waals surface area contributed by atoms with Gasteiger partial charge in [0.1, 0.15) is 0 Å². The molecule has 0 radical (unpaired) electrons. The monoisotopic (exact) mass is 551 g/mol. The van der Waals surface area contributed by atoms with E-state index in [9.17, 15) is 13.2 Å². The molecular formula is C25H24Cl3N3O3S. The van der Waals surface area contributed by atoms with Gasteiger partial charge in [0.25, 0.3) is 0 Å². The summed E-state index contributed by atoms with van der Waals surface area (Å²) in [7, 11) is -3.96. The Labute approximate surface area is 220 Å². The third-order valence-electron chi connectivity index (χ3n) is 5.82. The fourth-order valence-corrected chi connectivity index (χ4v) is 5.86. The highest BCUT2D eigenvalue weighted by Crippen LogP contribution is 2.23. The minimum Gasteiger partial charge on any atom is -0.368 e. The van der Waals surface area contributed by atoms with E-state index < -0.39 is 10.0 Å². The lowest BCUT2D eigenvalue weighted by molar-refractivity contribution is -0.131. The van der Waals surface area contributed by atoms with Crippen molar-refractivity contribution in [3.05, 3.63) is 93.4 Å². The summed E-state index contributed by atoms with van der Waals surface area (Å²) in [5, 5.41) is 1.58. The summed E-state index contributed by atoms with van der Waals surface area (Å²) in [6.07, 6.45) is 0. The molecule has 0 atom stereocenters. The van der Waals surface area contributed by atoms with Crippen molar-refractivity contribution in [1.29, 1.82) is 0 Å². The lowest BCUT2D eigenvalue weighted by Crippen LogP contribution is -2.51. The molecule has 35 heavy (non-hydrogen) atoms. The van der Waals surface area contributed by atoms with E-state index in [1.54, 1.807) is 29.2 Å². The van der Waals surface area contributed by atoms with Crippen molar-refractivity contribution in [1.82, 2.24) is 9.21 Å². The SMILES string of the molecule is O=C(CN(Cc1cccc(Cl)c1)S(=O)(=O)c1ccc(Cl)cc1)N1CCN(c2cccc(Cl)c2)CC1. The Morgan fingerprint density at radius 1 is 0.800 bits per heavy atom. The summed E-state index contributed by atoms with van der Waals surface area (Å²) in [6, 6.07) is 20.4. The molecule has 1 aliphatic rings. The molecular weight excluding hydrogens is 529 g/mol. The molecule has 184 valence electrons. The van der Waals surface area contributed by atoms with Crippen LogP contribution in [0.4, 0.5) is 5.69 Å².